The Hall–Kier alpha value is -1.26. The summed E-state index contributed by atoms with van der Waals surface area (Å²) in [5.41, 5.74) is 0.898. The zero-order valence-electron chi connectivity index (χ0n) is 11.0. The molecule has 0 spiro atoms. The van der Waals surface area contributed by atoms with E-state index in [2.05, 4.69) is 10.6 Å². The van der Waals surface area contributed by atoms with E-state index in [1.807, 2.05) is 6.92 Å². The Morgan fingerprint density at radius 3 is 2.74 bits per heavy atom. The van der Waals surface area contributed by atoms with Gasteiger partial charge in [0, 0.05) is 17.3 Å². The Labute approximate surface area is 118 Å². The molecule has 0 atom stereocenters. The number of aliphatic hydroxyl groups is 1. The minimum Gasteiger partial charge on any atom is -0.388 e. The van der Waals surface area contributed by atoms with Gasteiger partial charge >= 0.3 is 6.03 Å². The molecular formula is C14H19ClN2O2. The number of halogens is 1. The molecule has 1 aliphatic rings. The number of amides is 2. The standard InChI is InChI=1S/C14H19ClN2O2/c1-10-8-11(15)4-5-12(10)17-13(18)16-9-14(19)6-2-3-7-14/h4-5,8,19H,2-3,6-7,9H2,1H3,(H2,16,17,18). The quantitative estimate of drug-likeness (QED) is 0.798. The van der Waals surface area contributed by atoms with E-state index in [9.17, 15) is 9.90 Å². The number of rotatable bonds is 3. The van der Waals surface area contributed by atoms with Crippen LogP contribution in [-0.4, -0.2) is 23.3 Å². The topological polar surface area (TPSA) is 61.4 Å². The minimum absolute atomic E-state index is 0.297. The molecule has 0 bridgehead atoms. The molecule has 0 aliphatic heterocycles. The fourth-order valence-electron chi connectivity index (χ4n) is 2.39. The highest BCUT2D eigenvalue weighted by atomic mass is 35.5. The first kappa shape index (κ1) is 14.2. The fraction of sp³-hybridized carbons (Fsp3) is 0.500. The number of nitrogens with one attached hydrogen (secondary N) is 2. The second-order valence-corrected chi connectivity index (χ2v) is 5.63. The van der Waals surface area contributed by atoms with Crippen molar-refractivity contribution in [1.29, 1.82) is 0 Å². The third-order valence-electron chi connectivity index (χ3n) is 3.55. The maximum Gasteiger partial charge on any atom is 0.319 e. The zero-order chi connectivity index (χ0) is 13.9. The molecule has 0 saturated heterocycles. The second-order valence-electron chi connectivity index (χ2n) is 5.20. The first-order valence-corrected chi connectivity index (χ1v) is 6.90. The Bertz CT molecular complexity index is 471. The summed E-state index contributed by atoms with van der Waals surface area (Å²) in [6.07, 6.45) is 3.56. The molecule has 3 N–H and O–H groups in total. The number of urea groups is 1. The van der Waals surface area contributed by atoms with E-state index in [1.165, 1.54) is 0 Å². The van der Waals surface area contributed by atoms with Gasteiger partial charge in [-0.2, -0.15) is 0 Å². The summed E-state index contributed by atoms with van der Waals surface area (Å²) in [5, 5.41) is 16.3. The molecule has 1 aromatic carbocycles. The predicted molar refractivity (Wildman–Crippen MR) is 76.6 cm³/mol. The van der Waals surface area contributed by atoms with Crippen molar-refractivity contribution in [1.82, 2.24) is 5.32 Å². The van der Waals surface area contributed by atoms with Gasteiger partial charge in [0.2, 0.25) is 0 Å². The van der Waals surface area contributed by atoms with Crippen LogP contribution < -0.4 is 10.6 Å². The van der Waals surface area contributed by atoms with E-state index in [-0.39, 0.29) is 6.03 Å². The molecule has 1 aromatic rings. The molecular weight excluding hydrogens is 264 g/mol. The van der Waals surface area contributed by atoms with Crippen molar-refractivity contribution in [3.8, 4) is 0 Å². The number of benzene rings is 1. The number of aryl methyl sites for hydroxylation is 1. The van der Waals surface area contributed by atoms with Gasteiger partial charge in [-0.1, -0.05) is 24.4 Å². The van der Waals surface area contributed by atoms with Crippen LogP contribution in [0.15, 0.2) is 18.2 Å². The maximum absolute atomic E-state index is 11.8. The number of hydrogen-bond donors (Lipinski definition) is 3. The van der Waals surface area contributed by atoms with Crippen molar-refractivity contribution < 1.29 is 9.90 Å². The van der Waals surface area contributed by atoms with Gasteiger partial charge in [0.15, 0.2) is 0 Å². The Kier molecular flexibility index (Phi) is 4.32. The van der Waals surface area contributed by atoms with Crippen LogP contribution >= 0.6 is 11.6 Å². The van der Waals surface area contributed by atoms with Gasteiger partial charge in [-0.3, -0.25) is 0 Å². The van der Waals surface area contributed by atoms with Gasteiger partial charge in [-0.25, -0.2) is 4.79 Å². The molecule has 0 heterocycles. The van der Waals surface area contributed by atoms with Crippen molar-refractivity contribution >= 4 is 23.3 Å². The summed E-state index contributed by atoms with van der Waals surface area (Å²) >= 11 is 5.86. The minimum atomic E-state index is -0.730. The Morgan fingerprint density at radius 1 is 1.42 bits per heavy atom. The lowest BCUT2D eigenvalue weighted by Gasteiger charge is -2.22. The van der Waals surface area contributed by atoms with Gasteiger partial charge in [0.05, 0.1) is 5.60 Å². The smallest absolute Gasteiger partial charge is 0.319 e. The molecule has 0 unspecified atom stereocenters. The molecule has 0 aromatic heterocycles. The van der Waals surface area contributed by atoms with E-state index < -0.39 is 5.60 Å². The average molecular weight is 283 g/mol. The molecule has 5 heteroatoms. The Morgan fingerprint density at radius 2 is 2.11 bits per heavy atom. The van der Waals surface area contributed by atoms with E-state index in [0.29, 0.717) is 11.6 Å². The van der Waals surface area contributed by atoms with Crippen molar-refractivity contribution in [2.24, 2.45) is 0 Å². The zero-order valence-corrected chi connectivity index (χ0v) is 11.8. The summed E-state index contributed by atoms with van der Waals surface area (Å²) in [4.78, 5) is 11.8. The summed E-state index contributed by atoms with van der Waals surface area (Å²) in [6, 6.07) is 4.99. The third kappa shape index (κ3) is 3.85. The lowest BCUT2D eigenvalue weighted by molar-refractivity contribution is 0.0506. The molecule has 104 valence electrons. The largest absolute Gasteiger partial charge is 0.388 e. The average Bonchev–Trinajstić information content (AvgIpc) is 2.78. The van der Waals surface area contributed by atoms with Gasteiger partial charge in [-0.05, 0) is 43.5 Å². The van der Waals surface area contributed by atoms with Gasteiger partial charge in [-0.15, -0.1) is 0 Å². The monoisotopic (exact) mass is 282 g/mol. The van der Waals surface area contributed by atoms with Crippen molar-refractivity contribution in [3.63, 3.8) is 0 Å². The number of carbonyl (C=O) groups excluding carboxylic acids is 1. The summed E-state index contributed by atoms with van der Waals surface area (Å²) in [7, 11) is 0. The van der Waals surface area contributed by atoms with Crippen LogP contribution in [0.2, 0.25) is 5.02 Å². The van der Waals surface area contributed by atoms with Crippen LogP contribution in [-0.2, 0) is 0 Å². The van der Waals surface area contributed by atoms with Gasteiger partial charge in [0.25, 0.3) is 0 Å². The first-order valence-electron chi connectivity index (χ1n) is 6.52. The molecule has 1 fully saturated rings. The van der Waals surface area contributed by atoms with E-state index in [0.717, 1.165) is 36.9 Å². The summed E-state index contributed by atoms with van der Waals surface area (Å²) in [5.74, 6) is 0. The summed E-state index contributed by atoms with van der Waals surface area (Å²) < 4.78 is 0. The Balaban J connectivity index is 1.87. The summed E-state index contributed by atoms with van der Waals surface area (Å²) in [6.45, 7) is 2.18. The second kappa shape index (κ2) is 5.80. The predicted octanol–water partition coefficient (Wildman–Crippen LogP) is 3.08. The van der Waals surface area contributed by atoms with Crippen LogP contribution in [0.25, 0.3) is 0 Å². The van der Waals surface area contributed by atoms with Crippen LogP contribution in [0.4, 0.5) is 10.5 Å². The molecule has 19 heavy (non-hydrogen) atoms. The SMILES string of the molecule is Cc1cc(Cl)ccc1NC(=O)NCC1(O)CCCC1. The lowest BCUT2D eigenvalue weighted by atomic mass is 10.0. The van der Waals surface area contributed by atoms with Crippen molar-refractivity contribution in [2.45, 2.75) is 38.2 Å². The van der Waals surface area contributed by atoms with Crippen LogP contribution in [0, 0.1) is 6.92 Å². The number of carbonyl (C=O) groups is 1. The van der Waals surface area contributed by atoms with E-state index >= 15 is 0 Å². The molecule has 2 rings (SSSR count). The molecule has 2 amide bonds. The highest BCUT2D eigenvalue weighted by molar-refractivity contribution is 6.30. The van der Waals surface area contributed by atoms with E-state index in [4.69, 9.17) is 11.6 Å². The van der Waals surface area contributed by atoms with Crippen LogP contribution in [0.3, 0.4) is 0 Å². The molecule has 1 saturated carbocycles. The van der Waals surface area contributed by atoms with Gasteiger partial charge < -0.3 is 15.7 Å². The lowest BCUT2D eigenvalue weighted by Crippen LogP contribution is -2.42. The van der Waals surface area contributed by atoms with Crippen molar-refractivity contribution in [3.05, 3.63) is 28.8 Å². The van der Waals surface area contributed by atoms with Crippen LogP contribution in [0.5, 0.6) is 0 Å². The number of hydrogen-bond acceptors (Lipinski definition) is 2. The van der Waals surface area contributed by atoms with E-state index in [1.54, 1.807) is 18.2 Å². The highest BCUT2D eigenvalue weighted by Gasteiger charge is 2.31. The van der Waals surface area contributed by atoms with Gasteiger partial charge in [0.1, 0.15) is 0 Å². The molecule has 1 aliphatic carbocycles. The van der Waals surface area contributed by atoms with Crippen molar-refractivity contribution in [2.75, 3.05) is 11.9 Å². The highest BCUT2D eigenvalue weighted by Crippen LogP contribution is 2.28. The first-order chi connectivity index (χ1) is 8.98. The third-order valence-corrected chi connectivity index (χ3v) is 3.78. The molecule has 4 nitrogen and oxygen atoms in total. The fourth-order valence-corrected chi connectivity index (χ4v) is 2.62. The maximum atomic E-state index is 11.8. The molecule has 0 radical (unpaired) electrons. The number of anilines is 1. The van der Waals surface area contributed by atoms with Crippen LogP contribution in [0.1, 0.15) is 31.2 Å². The normalized spacial score (nSPS) is 17.2.